The van der Waals surface area contributed by atoms with Gasteiger partial charge in [0.25, 0.3) is 10.0 Å². The van der Waals surface area contributed by atoms with Gasteiger partial charge in [-0.15, -0.1) is 0 Å². The Balaban J connectivity index is 1.82. The number of rotatable bonds is 4. The van der Waals surface area contributed by atoms with E-state index in [9.17, 15) is 8.42 Å². The van der Waals surface area contributed by atoms with Crippen LogP contribution in [0.15, 0.2) is 27.0 Å². The summed E-state index contributed by atoms with van der Waals surface area (Å²) in [6.45, 7) is 0.773. The van der Waals surface area contributed by atoms with Gasteiger partial charge in [-0.25, -0.2) is 18.1 Å². The highest BCUT2D eigenvalue weighted by Crippen LogP contribution is 2.33. The molecule has 1 aliphatic heterocycles. The second-order valence-electron chi connectivity index (χ2n) is 4.41. The summed E-state index contributed by atoms with van der Waals surface area (Å²) in [4.78, 5) is 3.74. The highest BCUT2D eigenvalue weighted by Gasteiger charge is 2.21. The largest absolute Gasteiger partial charge is 0.493 e. The number of hydrogen-bond donors (Lipinski definition) is 1. The molecule has 0 aliphatic carbocycles. The van der Waals surface area contributed by atoms with Gasteiger partial charge in [-0.2, -0.15) is 0 Å². The van der Waals surface area contributed by atoms with Crippen molar-refractivity contribution in [1.29, 1.82) is 0 Å². The normalized spacial score (nSPS) is 14.0. The maximum Gasteiger partial charge on any atom is 0.252 e. The molecule has 1 aromatic heterocycles. The molecule has 0 spiro atoms. The molecule has 3 rings (SSSR count). The number of fused-ring (bicyclic) bond motifs is 1. The first kappa shape index (κ1) is 15.2. The standard InChI is InChI=1S/C12H10BrClN2O3S2/c13-9-3-7-1-2-19-11(7)8(4-9)5-16-21(17,18)10-6-15-12(14)20-10/h3-4,6,16H,1-2,5H2. The Labute approximate surface area is 139 Å². The molecule has 0 fully saturated rings. The van der Waals surface area contributed by atoms with E-state index in [0.717, 1.165) is 39.1 Å². The van der Waals surface area contributed by atoms with Gasteiger partial charge >= 0.3 is 0 Å². The van der Waals surface area contributed by atoms with Crippen LogP contribution in [0.3, 0.4) is 0 Å². The average molecular weight is 410 g/mol. The summed E-state index contributed by atoms with van der Waals surface area (Å²) in [6, 6.07) is 3.84. The lowest BCUT2D eigenvalue weighted by molar-refractivity contribution is 0.353. The summed E-state index contributed by atoms with van der Waals surface area (Å²) >= 11 is 10.0. The first-order valence-electron chi connectivity index (χ1n) is 6.01. The molecular weight excluding hydrogens is 400 g/mol. The third-order valence-electron chi connectivity index (χ3n) is 3.00. The topological polar surface area (TPSA) is 68.3 Å². The molecule has 1 N–H and O–H groups in total. The van der Waals surface area contributed by atoms with Gasteiger partial charge in [-0.05, 0) is 17.7 Å². The van der Waals surface area contributed by atoms with Gasteiger partial charge in [0.15, 0.2) is 8.68 Å². The van der Waals surface area contributed by atoms with E-state index in [1.165, 1.54) is 6.20 Å². The zero-order valence-corrected chi connectivity index (χ0v) is 14.6. The molecule has 0 unspecified atom stereocenters. The van der Waals surface area contributed by atoms with Crippen LogP contribution in [-0.2, 0) is 23.0 Å². The minimum absolute atomic E-state index is 0.0973. The fraction of sp³-hybridized carbons (Fsp3) is 0.250. The molecule has 2 heterocycles. The van der Waals surface area contributed by atoms with Crippen molar-refractivity contribution in [2.45, 2.75) is 17.2 Å². The number of sulfonamides is 1. The molecule has 0 bridgehead atoms. The number of aromatic nitrogens is 1. The van der Waals surface area contributed by atoms with E-state index in [0.29, 0.717) is 6.61 Å². The number of thiazole rings is 1. The van der Waals surface area contributed by atoms with E-state index in [-0.39, 0.29) is 15.2 Å². The van der Waals surface area contributed by atoms with E-state index in [1.54, 1.807) is 0 Å². The van der Waals surface area contributed by atoms with E-state index in [4.69, 9.17) is 16.3 Å². The van der Waals surface area contributed by atoms with Gasteiger partial charge in [0.1, 0.15) is 5.75 Å². The van der Waals surface area contributed by atoms with Crippen molar-refractivity contribution in [3.05, 3.63) is 38.4 Å². The molecule has 9 heteroatoms. The Kier molecular flexibility index (Phi) is 4.24. The van der Waals surface area contributed by atoms with Gasteiger partial charge in [-0.3, -0.25) is 0 Å². The Morgan fingerprint density at radius 1 is 1.48 bits per heavy atom. The average Bonchev–Trinajstić information content (AvgIpc) is 3.04. The Bertz CT molecular complexity index is 792. The quantitative estimate of drug-likeness (QED) is 0.843. The Morgan fingerprint density at radius 3 is 3.00 bits per heavy atom. The summed E-state index contributed by atoms with van der Waals surface area (Å²) in [7, 11) is -3.62. The van der Waals surface area contributed by atoms with Crippen LogP contribution in [0.2, 0.25) is 4.47 Å². The minimum atomic E-state index is -3.62. The molecule has 0 atom stereocenters. The summed E-state index contributed by atoms with van der Waals surface area (Å²) < 4.78 is 33.6. The second-order valence-corrected chi connectivity index (χ2v) is 8.93. The zero-order chi connectivity index (χ0) is 15.0. The SMILES string of the molecule is O=S(=O)(NCc1cc(Br)cc2c1OCC2)c1cnc(Cl)s1. The summed E-state index contributed by atoms with van der Waals surface area (Å²) in [5, 5.41) is 0. The lowest BCUT2D eigenvalue weighted by atomic mass is 10.1. The van der Waals surface area contributed by atoms with Gasteiger partial charge in [-0.1, -0.05) is 38.9 Å². The van der Waals surface area contributed by atoms with Gasteiger partial charge < -0.3 is 4.74 Å². The number of halogens is 2. The van der Waals surface area contributed by atoms with E-state index < -0.39 is 10.0 Å². The van der Waals surface area contributed by atoms with E-state index in [2.05, 4.69) is 25.6 Å². The molecule has 21 heavy (non-hydrogen) atoms. The number of nitrogens with one attached hydrogen (secondary N) is 1. The van der Waals surface area contributed by atoms with Crippen molar-refractivity contribution in [3.63, 3.8) is 0 Å². The van der Waals surface area contributed by atoms with Crippen LogP contribution in [-0.4, -0.2) is 20.0 Å². The summed E-state index contributed by atoms with van der Waals surface area (Å²) in [5.41, 5.74) is 1.88. The first-order valence-corrected chi connectivity index (χ1v) is 9.48. The van der Waals surface area contributed by atoms with Crippen molar-refractivity contribution in [2.75, 3.05) is 6.61 Å². The zero-order valence-electron chi connectivity index (χ0n) is 10.6. The number of nitrogens with zero attached hydrogens (tertiary/aromatic N) is 1. The van der Waals surface area contributed by atoms with Crippen LogP contribution >= 0.6 is 38.9 Å². The molecule has 2 aromatic rings. The molecule has 0 saturated heterocycles. The third-order valence-corrected chi connectivity index (χ3v) is 6.43. The summed E-state index contributed by atoms with van der Waals surface area (Å²) in [5.74, 6) is 0.767. The smallest absolute Gasteiger partial charge is 0.252 e. The van der Waals surface area contributed by atoms with Gasteiger partial charge in [0, 0.05) is 23.0 Å². The number of benzene rings is 1. The van der Waals surface area contributed by atoms with E-state index in [1.807, 2.05) is 12.1 Å². The maximum absolute atomic E-state index is 12.2. The molecule has 5 nitrogen and oxygen atoms in total. The van der Waals surface area contributed by atoms with Crippen molar-refractivity contribution in [1.82, 2.24) is 9.71 Å². The molecule has 0 radical (unpaired) electrons. The number of hydrogen-bond acceptors (Lipinski definition) is 5. The summed E-state index contributed by atoms with van der Waals surface area (Å²) in [6.07, 6.45) is 2.08. The lowest BCUT2D eigenvalue weighted by Gasteiger charge is -2.10. The van der Waals surface area contributed by atoms with Crippen LogP contribution in [0.4, 0.5) is 0 Å². The van der Waals surface area contributed by atoms with Crippen LogP contribution in [0, 0.1) is 0 Å². The highest BCUT2D eigenvalue weighted by atomic mass is 79.9. The molecule has 1 aromatic carbocycles. The molecule has 0 amide bonds. The predicted molar refractivity (Wildman–Crippen MR) is 84.5 cm³/mol. The third kappa shape index (κ3) is 3.24. The molecule has 112 valence electrons. The van der Waals surface area contributed by atoms with Gasteiger partial charge in [0.05, 0.1) is 12.8 Å². The Morgan fingerprint density at radius 2 is 2.29 bits per heavy atom. The maximum atomic E-state index is 12.2. The molecular formula is C12H10BrClN2O3S2. The van der Waals surface area contributed by atoms with Crippen molar-refractivity contribution in [3.8, 4) is 5.75 Å². The molecule has 0 saturated carbocycles. The van der Waals surface area contributed by atoms with Crippen LogP contribution in [0.25, 0.3) is 0 Å². The second kappa shape index (κ2) is 5.85. The molecule has 1 aliphatic rings. The number of ether oxygens (including phenoxy) is 1. The fourth-order valence-electron chi connectivity index (χ4n) is 2.08. The predicted octanol–water partition coefficient (Wildman–Crippen LogP) is 2.97. The van der Waals surface area contributed by atoms with Crippen LogP contribution in [0.5, 0.6) is 5.75 Å². The minimum Gasteiger partial charge on any atom is -0.493 e. The van der Waals surface area contributed by atoms with Crippen molar-refractivity contribution in [2.24, 2.45) is 0 Å². The van der Waals surface area contributed by atoms with Crippen molar-refractivity contribution >= 4 is 48.9 Å². The van der Waals surface area contributed by atoms with Crippen LogP contribution in [0.1, 0.15) is 11.1 Å². The van der Waals surface area contributed by atoms with Crippen molar-refractivity contribution < 1.29 is 13.2 Å². The highest BCUT2D eigenvalue weighted by molar-refractivity contribution is 9.10. The fourth-order valence-corrected chi connectivity index (χ4v) is 4.98. The Hall–Kier alpha value is -0.670. The van der Waals surface area contributed by atoms with Crippen LogP contribution < -0.4 is 9.46 Å². The first-order chi connectivity index (χ1) is 9.95. The lowest BCUT2D eigenvalue weighted by Crippen LogP contribution is -2.22. The van der Waals surface area contributed by atoms with E-state index >= 15 is 0 Å². The monoisotopic (exact) mass is 408 g/mol. The van der Waals surface area contributed by atoms with Gasteiger partial charge in [0.2, 0.25) is 0 Å².